The number of carbonyl (C=O) groups is 3. The van der Waals surface area contributed by atoms with Gasteiger partial charge in [-0.2, -0.15) is 0 Å². The minimum atomic E-state index is -1.03. The molecule has 5 rings (SSSR count). The zero-order chi connectivity index (χ0) is 28.4. The molecule has 0 bridgehead atoms. The van der Waals surface area contributed by atoms with Crippen molar-refractivity contribution in [3.8, 4) is 22.4 Å². The van der Waals surface area contributed by atoms with Crippen LogP contribution in [0.15, 0.2) is 66.2 Å². The Morgan fingerprint density at radius 2 is 1.90 bits per heavy atom. The Bertz CT molecular complexity index is 1590. The average Bonchev–Trinajstić information content (AvgIpc) is 3.44. The van der Waals surface area contributed by atoms with Gasteiger partial charge in [0.2, 0.25) is 11.8 Å². The molecule has 1 atom stereocenters. The van der Waals surface area contributed by atoms with Crippen molar-refractivity contribution in [2.45, 2.75) is 25.7 Å². The number of anilines is 2. The lowest BCUT2D eigenvalue weighted by Gasteiger charge is -2.25. The first-order valence-electron chi connectivity index (χ1n) is 12.8. The van der Waals surface area contributed by atoms with Crippen molar-refractivity contribution < 1.29 is 19.5 Å². The number of hydrogen-bond acceptors (Lipinski definition) is 6. The minimum absolute atomic E-state index is 0.0444. The fraction of sp³-hybridized carbons (Fsp3) is 0.233. The number of pyridine rings is 1. The molecular formula is C30H27ClN4O4S. The largest absolute Gasteiger partial charge is 0.481 e. The Kier molecular flexibility index (Phi) is 7.95. The molecule has 204 valence electrons. The number of nitrogens with zero attached hydrogens (tertiary/aromatic N) is 4. The number of rotatable bonds is 8. The lowest BCUT2D eigenvalue weighted by atomic mass is 9.95. The molecule has 0 fully saturated rings. The SMILES string of the molecule is CN(C(=O)[C@@H](CC(=O)O)Cc1ccccc1)c1nc(-c2cc(Cl)ccc2-c2cnc3c(c2)CCC(=O)N3C)cs1. The average molecular weight is 575 g/mol. The van der Waals surface area contributed by atoms with Crippen LogP contribution in [0.3, 0.4) is 0 Å². The standard InChI is InChI=1S/C30H27ClN4O4S/c1-34-26(36)11-8-19-13-21(16-32-28(19)34)23-10-9-22(31)15-24(23)25-17-40-30(33-25)35(2)29(39)20(14-27(37)38)12-18-6-4-3-5-7-18/h3-7,9-10,13,15-17,20H,8,11-12,14H2,1-2H3,(H,37,38)/t20-/m1/s1. The van der Waals surface area contributed by atoms with Crippen molar-refractivity contribution in [3.63, 3.8) is 0 Å². The fourth-order valence-electron chi connectivity index (χ4n) is 4.91. The van der Waals surface area contributed by atoms with Gasteiger partial charge in [0.1, 0.15) is 5.82 Å². The lowest BCUT2D eigenvalue weighted by molar-refractivity contribution is -0.140. The first kappa shape index (κ1) is 27.5. The maximum Gasteiger partial charge on any atom is 0.304 e. The van der Waals surface area contributed by atoms with E-state index in [0.717, 1.165) is 27.8 Å². The summed E-state index contributed by atoms with van der Waals surface area (Å²) in [5.41, 5.74) is 5.06. The summed E-state index contributed by atoms with van der Waals surface area (Å²) in [7, 11) is 3.35. The Morgan fingerprint density at radius 1 is 1.12 bits per heavy atom. The van der Waals surface area contributed by atoms with Gasteiger partial charge in [-0.15, -0.1) is 11.3 Å². The lowest BCUT2D eigenvalue weighted by Crippen LogP contribution is -2.35. The number of amides is 2. The highest BCUT2D eigenvalue weighted by Gasteiger charge is 2.28. The van der Waals surface area contributed by atoms with Crippen molar-refractivity contribution in [2.24, 2.45) is 5.92 Å². The molecule has 0 saturated heterocycles. The van der Waals surface area contributed by atoms with Crippen LogP contribution < -0.4 is 9.80 Å². The van der Waals surface area contributed by atoms with Gasteiger partial charge in [0.05, 0.1) is 18.0 Å². The highest BCUT2D eigenvalue weighted by atomic mass is 35.5. The molecule has 0 aliphatic carbocycles. The highest BCUT2D eigenvalue weighted by Crippen LogP contribution is 2.38. The number of carboxylic acids is 1. The van der Waals surface area contributed by atoms with Gasteiger partial charge in [-0.1, -0.05) is 48.0 Å². The van der Waals surface area contributed by atoms with Crippen LogP contribution in [0.2, 0.25) is 5.02 Å². The molecule has 1 aliphatic rings. The molecule has 3 heterocycles. The van der Waals surface area contributed by atoms with Crippen molar-refractivity contribution in [1.29, 1.82) is 0 Å². The smallest absolute Gasteiger partial charge is 0.304 e. The van der Waals surface area contributed by atoms with Gasteiger partial charge in [0.15, 0.2) is 5.13 Å². The Labute approximate surface area is 240 Å². The van der Waals surface area contributed by atoms with E-state index in [4.69, 9.17) is 16.6 Å². The van der Waals surface area contributed by atoms with Crippen LogP contribution >= 0.6 is 22.9 Å². The molecule has 8 nitrogen and oxygen atoms in total. The molecule has 2 aromatic carbocycles. The molecule has 0 unspecified atom stereocenters. The summed E-state index contributed by atoms with van der Waals surface area (Å²) in [6.45, 7) is 0. The van der Waals surface area contributed by atoms with E-state index in [1.165, 1.54) is 16.2 Å². The van der Waals surface area contributed by atoms with Gasteiger partial charge in [0.25, 0.3) is 0 Å². The molecule has 40 heavy (non-hydrogen) atoms. The fourth-order valence-corrected chi connectivity index (χ4v) is 5.88. The predicted molar refractivity (Wildman–Crippen MR) is 157 cm³/mol. The summed E-state index contributed by atoms with van der Waals surface area (Å²) >= 11 is 7.69. The minimum Gasteiger partial charge on any atom is -0.481 e. The van der Waals surface area contributed by atoms with Crippen LogP contribution in [-0.2, 0) is 27.2 Å². The van der Waals surface area contributed by atoms with Gasteiger partial charge in [-0.3, -0.25) is 24.2 Å². The van der Waals surface area contributed by atoms with Crippen molar-refractivity contribution in [2.75, 3.05) is 23.9 Å². The molecule has 0 radical (unpaired) electrons. The number of carbonyl (C=O) groups excluding carboxylic acids is 2. The first-order chi connectivity index (χ1) is 19.2. The van der Waals surface area contributed by atoms with Crippen LogP contribution in [0.25, 0.3) is 22.4 Å². The van der Waals surface area contributed by atoms with Crippen molar-refractivity contribution in [1.82, 2.24) is 9.97 Å². The number of thiazole rings is 1. The highest BCUT2D eigenvalue weighted by molar-refractivity contribution is 7.14. The topological polar surface area (TPSA) is 104 Å². The van der Waals surface area contributed by atoms with E-state index in [2.05, 4.69) is 4.98 Å². The normalized spacial score (nSPS) is 13.6. The van der Waals surface area contributed by atoms with Gasteiger partial charge >= 0.3 is 5.97 Å². The summed E-state index contributed by atoms with van der Waals surface area (Å²) in [5, 5.41) is 12.3. The Morgan fingerprint density at radius 3 is 2.65 bits per heavy atom. The summed E-state index contributed by atoms with van der Waals surface area (Å²) < 4.78 is 0. The second-order valence-corrected chi connectivity index (χ2v) is 11.0. The number of halogens is 1. The van der Waals surface area contributed by atoms with Crippen molar-refractivity contribution in [3.05, 3.63) is 82.3 Å². The molecule has 2 aromatic heterocycles. The number of aryl methyl sites for hydroxylation is 1. The number of carboxylic acid groups (broad SMARTS) is 1. The molecule has 1 N–H and O–H groups in total. The maximum atomic E-state index is 13.4. The molecule has 2 amide bonds. The van der Waals surface area contributed by atoms with Gasteiger partial charge < -0.3 is 5.11 Å². The van der Waals surface area contributed by atoms with Crippen LogP contribution in [0, 0.1) is 5.92 Å². The van der Waals surface area contributed by atoms with Gasteiger partial charge in [0, 0.05) is 48.2 Å². The number of hydrogen-bond donors (Lipinski definition) is 1. The number of fused-ring (bicyclic) bond motifs is 1. The molecule has 1 aliphatic heterocycles. The van der Waals surface area contributed by atoms with Gasteiger partial charge in [-0.05, 0) is 47.7 Å². The van der Waals surface area contributed by atoms with Gasteiger partial charge in [-0.25, -0.2) is 9.97 Å². The van der Waals surface area contributed by atoms with E-state index in [1.54, 1.807) is 31.3 Å². The van der Waals surface area contributed by atoms with Crippen LogP contribution in [0.1, 0.15) is 24.0 Å². The van der Waals surface area contributed by atoms with Crippen LogP contribution in [0.4, 0.5) is 10.9 Å². The van der Waals surface area contributed by atoms with E-state index < -0.39 is 11.9 Å². The quantitative estimate of drug-likeness (QED) is 0.288. The first-order valence-corrected chi connectivity index (χ1v) is 14.0. The number of aliphatic carboxylic acids is 1. The Balaban J connectivity index is 1.44. The maximum absolute atomic E-state index is 13.4. The van der Waals surface area contributed by atoms with E-state index in [9.17, 15) is 19.5 Å². The van der Waals surface area contributed by atoms with Crippen LogP contribution in [-0.4, -0.2) is 47.0 Å². The summed E-state index contributed by atoms with van der Waals surface area (Å²) in [6, 6.07) is 17.0. The number of benzene rings is 2. The molecule has 4 aromatic rings. The third kappa shape index (κ3) is 5.76. The Hall–Kier alpha value is -4.08. The van der Waals surface area contributed by atoms with E-state index in [1.807, 2.05) is 53.9 Å². The molecule has 10 heteroatoms. The molecule has 0 saturated carbocycles. The van der Waals surface area contributed by atoms with Crippen molar-refractivity contribution >= 4 is 51.7 Å². The monoisotopic (exact) mass is 574 g/mol. The zero-order valence-electron chi connectivity index (χ0n) is 22.0. The van der Waals surface area contributed by atoms with E-state index in [-0.39, 0.29) is 18.2 Å². The molecule has 0 spiro atoms. The number of aromatic nitrogens is 2. The third-order valence-electron chi connectivity index (χ3n) is 7.02. The zero-order valence-corrected chi connectivity index (χ0v) is 23.6. The second kappa shape index (κ2) is 11.6. The van der Waals surface area contributed by atoms with Crippen LogP contribution in [0.5, 0.6) is 0 Å². The van der Waals surface area contributed by atoms with E-state index in [0.29, 0.717) is 40.9 Å². The second-order valence-electron chi connectivity index (χ2n) is 9.75. The third-order valence-corrected chi connectivity index (χ3v) is 8.17. The summed E-state index contributed by atoms with van der Waals surface area (Å²) in [6.07, 6.45) is 2.84. The summed E-state index contributed by atoms with van der Waals surface area (Å²) in [5.74, 6) is -1.36. The molecular weight excluding hydrogens is 548 g/mol. The predicted octanol–water partition coefficient (Wildman–Crippen LogP) is 5.73. The summed E-state index contributed by atoms with van der Waals surface area (Å²) in [4.78, 5) is 49.4. The van der Waals surface area contributed by atoms with E-state index >= 15 is 0 Å².